The Morgan fingerprint density at radius 3 is 2.96 bits per heavy atom. The number of imidazole rings is 1. The number of aromatic nitrogens is 4. The number of hydrogen-bond donors (Lipinski definition) is 1. The molecule has 0 unspecified atom stereocenters. The van der Waals surface area contributed by atoms with Crippen LogP contribution in [0.15, 0.2) is 48.9 Å². The Hall–Kier alpha value is -2.77. The Kier molecular flexibility index (Phi) is 3.95. The Bertz CT molecular complexity index is 1090. The molecule has 1 aromatic carbocycles. The number of anilines is 1. The zero-order valence-corrected chi connectivity index (χ0v) is 14.7. The molecule has 8 heteroatoms. The number of hydrogen-bond acceptors (Lipinski definition) is 5. The van der Waals surface area contributed by atoms with Gasteiger partial charge in [-0.1, -0.05) is 23.7 Å². The average molecular weight is 370 g/mol. The van der Waals surface area contributed by atoms with Gasteiger partial charge in [-0.3, -0.25) is 10.1 Å². The Balaban J connectivity index is 1.73. The molecule has 1 amide bonds. The monoisotopic (exact) mass is 369 g/mol. The van der Waals surface area contributed by atoms with Gasteiger partial charge in [0.25, 0.3) is 5.91 Å². The van der Waals surface area contributed by atoms with Crippen LogP contribution in [-0.2, 0) is 0 Å². The van der Waals surface area contributed by atoms with Crippen molar-refractivity contribution in [2.45, 2.75) is 6.92 Å². The van der Waals surface area contributed by atoms with Crippen molar-refractivity contribution in [3.8, 4) is 11.3 Å². The van der Waals surface area contributed by atoms with Gasteiger partial charge in [0.15, 0.2) is 10.8 Å². The van der Waals surface area contributed by atoms with Gasteiger partial charge in [-0.2, -0.15) is 5.10 Å². The van der Waals surface area contributed by atoms with Crippen LogP contribution in [0.3, 0.4) is 0 Å². The number of rotatable bonds is 3. The van der Waals surface area contributed by atoms with E-state index < -0.39 is 0 Å². The van der Waals surface area contributed by atoms with Gasteiger partial charge in [-0.25, -0.2) is 14.5 Å². The van der Waals surface area contributed by atoms with E-state index in [0.29, 0.717) is 27.1 Å². The summed E-state index contributed by atoms with van der Waals surface area (Å²) in [5.74, 6) is -0.273. The van der Waals surface area contributed by atoms with Crippen molar-refractivity contribution in [1.29, 1.82) is 0 Å². The molecule has 0 atom stereocenters. The molecule has 3 heterocycles. The predicted molar refractivity (Wildman–Crippen MR) is 98.2 cm³/mol. The van der Waals surface area contributed by atoms with Crippen LogP contribution in [-0.4, -0.2) is 25.5 Å². The van der Waals surface area contributed by atoms with Crippen LogP contribution in [0.4, 0.5) is 5.13 Å². The number of nitrogens with zero attached hydrogens (tertiary/aromatic N) is 4. The molecule has 4 rings (SSSR count). The van der Waals surface area contributed by atoms with Gasteiger partial charge < -0.3 is 0 Å². The van der Waals surface area contributed by atoms with Gasteiger partial charge in [0.1, 0.15) is 0 Å². The highest BCUT2D eigenvalue weighted by Gasteiger charge is 2.16. The summed E-state index contributed by atoms with van der Waals surface area (Å²) in [6, 6.07) is 9.02. The number of aryl methyl sites for hydroxylation is 1. The van der Waals surface area contributed by atoms with Crippen molar-refractivity contribution >= 4 is 39.6 Å². The molecule has 1 N–H and O–H groups in total. The van der Waals surface area contributed by atoms with Crippen molar-refractivity contribution < 1.29 is 4.79 Å². The fourth-order valence-corrected chi connectivity index (χ4v) is 3.29. The number of halogens is 1. The van der Waals surface area contributed by atoms with Crippen LogP contribution in [0.25, 0.3) is 16.9 Å². The van der Waals surface area contributed by atoms with Gasteiger partial charge in [-0.05, 0) is 25.1 Å². The standard InChI is InChI=1S/C17H12ClN5OS/c1-10-8-19-17(25-10)22-16(24)13-5-6-20-23-9-14(21-15(13)23)11-3-2-4-12(18)7-11/h2-9H,1H3,(H,19,22,24). The number of amides is 1. The van der Waals surface area contributed by atoms with E-state index in [9.17, 15) is 4.79 Å². The first-order chi connectivity index (χ1) is 12.1. The highest BCUT2D eigenvalue weighted by molar-refractivity contribution is 7.15. The molecule has 0 aliphatic carbocycles. The number of benzene rings is 1. The molecule has 0 saturated carbocycles. The molecule has 0 fully saturated rings. The lowest BCUT2D eigenvalue weighted by atomic mass is 10.2. The summed E-state index contributed by atoms with van der Waals surface area (Å²) in [6.45, 7) is 1.93. The smallest absolute Gasteiger partial charge is 0.261 e. The van der Waals surface area contributed by atoms with E-state index in [1.165, 1.54) is 11.3 Å². The van der Waals surface area contributed by atoms with E-state index in [4.69, 9.17) is 11.6 Å². The van der Waals surface area contributed by atoms with Gasteiger partial charge >= 0.3 is 0 Å². The summed E-state index contributed by atoms with van der Waals surface area (Å²) in [5.41, 5.74) is 2.46. The van der Waals surface area contributed by atoms with Crippen LogP contribution < -0.4 is 5.32 Å². The predicted octanol–water partition coefficient (Wildman–Crippen LogP) is 4.07. The number of thiazole rings is 1. The lowest BCUT2D eigenvalue weighted by molar-refractivity contribution is 0.102. The summed E-state index contributed by atoms with van der Waals surface area (Å²) >= 11 is 7.47. The van der Waals surface area contributed by atoms with E-state index in [2.05, 4.69) is 20.4 Å². The minimum Gasteiger partial charge on any atom is -0.298 e. The molecule has 0 aliphatic rings. The third-order valence-electron chi connectivity index (χ3n) is 3.57. The SMILES string of the molecule is Cc1cnc(NC(=O)c2ccnn3cc(-c4cccc(Cl)c4)nc23)s1. The molecule has 6 nitrogen and oxygen atoms in total. The molecule has 0 spiro atoms. The Labute approximate surface area is 152 Å². The number of carbonyl (C=O) groups is 1. The Morgan fingerprint density at radius 1 is 1.32 bits per heavy atom. The van der Waals surface area contributed by atoms with E-state index in [1.54, 1.807) is 35.2 Å². The molecule has 0 aliphatic heterocycles. The van der Waals surface area contributed by atoms with Crippen LogP contribution >= 0.6 is 22.9 Å². The van der Waals surface area contributed by atoms with Crippen molar-refractivity contribution in [1.82, 2.24) is 19.6 Å². The van der Waals surface area contributed by atoms with Gasteiger partial charge in [-0.15, -0.1) is 11.3 Å². The molecule has 3 aromatic heterocycles. The largest absolute Gasteiger partial charge is 0.298 e. The first-order valence-electron chi connectivity index (χ1n) is 7.44. The van der Waals surface area contributed by atoms with Gasteiger partial charge in [0, 0.05) is 27.9 Å². The highest BCUT2D eigenvalue weighted by Crippen LogP contribution is 2.24. The van der Waals surface area contributed by atoms with Gasteiger partial charge in [0.05, 0.1) is 17.5 Å². The maximum atomic E-state index is 12.6. The van der Waals surface area contributed by atoms with Crippen LogP contribution in [0.1, 0.15) is 15.2 Å². The maximum Gasteiger partial charge on any atom is 0.261 e. The molecule has 124 valence electrons. The first kappa shape index (κ1) is 15.7. The molecule has 0 radical (unpaired) electrons. The highest BCUT2D eigenvalue weighted by atomic mass is 35.5. The third-order valence-corrected chi connectivity index (χ3v) is 4.63. The lowest BCUT2D eigenvalue weighted by Gasteiger charge is -2.02. The van der Waals surface area contributed by atoms with E-state index in [0.717, 1.165) is 10.4 Å². The summed E-state index contributed by atoms with van der Waals surface area (Å²) in [5, 5.41) is 8.21. The average Bonchev–Trinajstić information content (AvgIpc) is 3.20. The van der Waals surface area contributed by atoms with E-state index in [1.807, 2.05) is 25.1 Å². The quantitative estimate of drug-likeness (QED) is 0.591. The molecular formula is C17H12ClN5OS. The minimum absolute atomic E-state index is 0.273. The number of nitrogens with one attached hydrogen (secondary N) is 1. The van der Waals surface area contributed by atoms with E-state index in [-0.39, 0.29) is 5.91 Å². The molecule has 4 aromatic rings. The van der Waals surface area contributed by atoms with Crippen molar-refractivity contribution in [2.24, 2.45) is 0 Å². The van der Waals surface area contributed by atoms with Crippen LogP contribution in [0.5, 0.6) is 0 Å². The lowest BCUT2D eigenvalue weighted by Crippen LogP contribution is -2.13. The third kappa shape index (κ3) is 3.11. The van der Waals surface area contributed by atoms with E-state index >= 15 is 0 Å². The summed E-state index contributed by atoms with van der Waals surface area (Å²) < 4.78 is 1.58. The zero-order chi connectivity index (χ0) is 17.4. The summed E-state index contributed by atoms with van der Waals surface area (Å²) in [4.78, 5) is 22.3. The van der Waals surface area contributed by atoms with Crippen molar-refractivity contribution in [3.05, 3.63) is 64.4 Å². The fraction of sp³-hybridized carbons (Fsp3) is 0.0588. The second kappa shape index (κ2) is 6.27. The molecule has 25 heavy (non-hydrogen) atoms. The van der Waals surface area contributed by atoms with Crippen molar-refractivity contribution in [3.63, 3.8) is 0 Å². The Morgan fingerprint density at radius 2 is 2.20 bits per heavy atom. The summed E-state index contributed by atoms with van der Waals surface area (Å²) in [6.07, 6.45) is 5.05. The number of fused-ring (bicyclic) bond motifs is 1. The molecule has 0 saturated heterocycles. The second-order valence-corrected chi connectivity index (χ2v) is 7.05. The molecular weight excluding hydrogens is 358 g/mol. The zero-order valence-electron chi connectivity index (χ0n) is 13.1. The summed E-state index contributed by atoms with van der Waals surface area (Å²) in [7, 11) is 0. The van der Waals surface area contributed by atoms with Gasteiger partial charge in [0.2, 0.25) is 0 Å². The normalized spacial score (nSPS) is 11.0. The van der Waals surface area contributed by atoms with Crippen molar-refractivity contribution in [2.75, 3.05) is 5.32 Å². The maximum absolute atomic E-state index is 12.6. The first-order valence-corrected chi connectivity index (χ1v) is 8.64. The van der Waals surface area contributed by atoms with Crippen LogP contribution in [0, 0.1) is 6.92 Å². The molecule has 0 bridgehead atoms. The number of carbonyl (C=O) groups excluding carboxylic acids is 1. The topological polar surface area (TPSA) is 72.2 Å². The minimum atomic E-state index is -0.273. The fourth-order valence-electron chi connectivity index (χ4n) is 2.44. The van der Waals surface area contributed by atoms with Crippen LogP contribution in [0.2, 0.25) is 5.02 Å². The second-order valence-electron chi connectivity index (χ2n) is 5.38.